The van der Waals surface area contributed by atoms with Gasteiger partial charge >= 0.3 is 0 Å². The highest BCUT2D eigenvalue weighted by Gasteiger charge is 2.16. The predicted molar refractivity (Wildman–Crippen MR) is 70.0 cm³/mol. The molecule has 0 saturated carbocycles. The third kappa shape index (κ3) is 2.46. The van der Waals surface area contributed by atoms with E-state index >= 15 is 0 Å². The van der Waals surface area contributed by atoms with Gasteiger partial charge in [0.25, 0.3) is 5.91 Å². The molecule has 0 spiro atoms. The molecule has 0 fully saturated rings. The van der Waals surface area contributed by atoms with Gasteiger partial charge in [0.15, 0.2) is 0 Å². The number of ether oxygens (including phenoxy) is 2. The second-order valence-corrected chi connectivity index (χ2v) is 4.01. The summed E-state index contributed by atoms with van der Waals surface area (Å²) >= 11 is 0. The van der Waals surface area contributed by atoms with Gasteiger partial charge in [-0.15, -0.1) is 0 Å². The topological polar surface area (TPSA) is 78.3 Å². The van der Waals surface area contributed by atoms with Crippen molar-refractivity contribution < 1.29 is 14.3 Å². The standard InChI is InChI=1S/C13H12N4O3/c18-13(12-7-19-5-6-20-12)16-10-3-1-2-4-11(10)17-9-14-8-15-17/h1-4,7-9H,5-6H2,(H,16,18). The monoisotopic (exact) mass is 272 g/mol. The van der Waals surface area contributed by atoms with Crippen LogP contribution in [0.3, 0.4) is 0 Å². The number of amides is 1. The number of para-hydroxylation sites is 2. The number of hydrogen-bond donors (Lipinski definition) is 1. The van der Waals surface area contributed by atoms with Crippen molar-refractivity contribution in [2.24, 2.45) is 0 Å². The van der Waals surface area contributed by atoms with Gasteiger partial charge in [0.2, 0.25) is 5.76 Å². The molecule has 3 rings (SSSR count). The molecule has 0 radical (unpaired) electrons. The molecule has 2 heterocycles. The van der Waals surface area contributed by atoms with Crippen LogP contribution in [0.1, 0.15) is 0 Å². The lowest BCUT2D eigenvalue weighted by Crippen LogP contribution is -2.21. The Morgan fingerprint density at radius 3 is 2.95 bits per heavy atom. The van der Waals surface area contributed by atoms with Gasteiger partial charge in [-0.2, -0.15) is 5.10 Å². The first-order valence-corrected chi connectivity index (χ1v) is 6.04. The van der Waals surface area contributed by atoms with E-state index in [-0.39, 0.29) is 11.7 Å². The summed E-state index contributed by atoms with van der Waals surface area (Å²) in [5.74, 6) is -0.207. The summed E-state index contributed by atoms with van der Waals surface area (Å²) in [7, 11) is 0. The number of carbonyl (C=O) groups excluding carboxylic acids is 1. The van der Waals surface area contributed by atoms with Crippen molar-refractivity contribution in [3.8, 4) is 5.69 Å². The van der Waals surface area contributed by atoms with Gasteiger partial charge in [-0.1, -0.05) is 12.1 Å². The summed E-state index contributed by atoms with van der Waals surface area (Å²) in [6.07, 6.45) is 4.31. The van der Waals surface area contributed by atoms with E-state index in [4.69, 9.17) is 9.47 Å². The summed E-state index contributed by atoms with van der Waals surface area (Å²) in [4.78, 5) is 16.0. The zero-order valence-corrected chi connectivity index (χ0v) is 10.5. The molecule has 0 aliphatic carbocycles. The minimum atomic E-state index is -0.364. The van der Waals surface area contributed by atoms with E-state index < -0.39 is 0 Å². The van der Waals surface area contributed by atoms with Crippen LogP contribution in [0.25, 0.3) is 5.69 Å². The average molecular weight is 272 g/mol. The van der Waals surface area contributed by atoms with Crippen LogP contribution in [0.2, 0.25) is 0 Å². The summed E-state index contributed by atoms with van der Waals surface area (Å²) in [6.45, 7) is 0.816. The normalized spacial score (nSPS) is 13.9. The Labute approximate surface area is 114 Å². The molecule has 7 nitrogen and oxygen atoms in total. The van der Waals surface area contributed by atoms with Gasteiger partial charge in [0.05, 0.1) is 11.4 Å². The molecule has 1 amide bonds. The van der Waals surface area contributed by atoms with Gasteiger partial charge in [0, 0.05) is 0 Å². The Bertz CT molecular complexity index is 637. The van der Waals surface area contributed by atoms with E-state index in [1.54, 1.807) is 17.1 Å². The summed E-state index contributed by atoms with van der Waals surface area (Å²) < 4.78 is 11.9. The maximum atomic E-state index is 12.1. The van der Waals surface area contributed by atoms with E-state index in [1.807, 2.05) is 18.2 Å². The molecule has 7 heteroatoms. The fraction of sp³-hybridized carbons (Fsp3) is 0.154. The first-order chi connectivity index (χ1) is 9.84. The molecule has 1 aliphatic heterocycles. The van der Waals surface area contributed by atoms with Crippen molar-refractivity contribution in [3.05, 3.63) is 48.9 Å². The molecule has 0 saturated heterocycles. The zero-order valence-electron chi connectivity index (χ0n) is 10.5. The highest BCUT2D eigenvalue weighted by atomic mass is 16.6. The highest BCUT2D eigenvalue weighted by Crippen LogP contribution is 2.19. The quantitative estimate of drug-likeness (QED) is 0.905. The second kappa shape index (κ2) is 5.43. The lowest BCUT2D eigenvalue weighted by atomic mass is 10.2. The smallest absolute Gasteiger partial charge is 0.294 e. The molecule has 1 aromatic heterocycles. The maximum absolute atomic E-state index is 12.1. The predicted octanol–water partition coefficient (Wildman–Crippen LogP) is 1.09. The number of anilines is 1. The fourth-order valence-corrected chi connectivity index (χ4v) is 1.78. The number of nitrogens with one attached hydrogen (secondary N) is 1. The Hall–Kier alpha value is -2.83. The third-order valence-electron chi connectivity index (χ3n) is 2.69. The van der Waals surface area contributed by atoms with Crippen LogP contribution in [0.5, 0.6) is 0 Å². The van der Waals surface area contributed by atoms with Crippen molar-refractivity contribution >= 4 is 11.6 Å². The number of rotatable bonds is 3. The molecule has 20 heavy (non-hydrogen) atoms. The van der Waals surface area contributed by atoms with Gasteiger partial charge in [0.1, 0.15) is 32.1 Å². The van der Waals surface area contributed by atoms with Crippen LogP contribution in [0, 0.1) is 0 Å². The lowest BCUT2D eigenvalue weighted by molar-refractivity contribution is -0.117. The van der Waals surface area contributed by atoms with Gasteiger partial charge < -0.3 is 14.8 Å². The van der Waals surface area contributed by atoms with E-state index in [2.05, 4.69) is 15.4 Å². The SMILES string of the molecule is O=C(Nc1ccccc1-n1cncn1)C1=COCCO1. The average Bonchev–Trinajstić information content (AvgIpc) is 3.03. The largest absolute Gasteiger partial charge is 0.494 e. The van der Waals surface area contributed by atoms with E-state index in [0.717, 1.165) is 5.69 Å². The molecule has 1 aromatic carbocycles. The maximum Gasteiger partial charge on any atom is 0.294 e. The molecular formula is C13H12N4O3. The van der Waals surface area contributed by atoms with Crippen LogP contribution in [0.15, 0.2) is 48.9 Å². The Morgan fingerprint density at radius 2 is 2.20 bits per heavy atom. The third-order valence-corrected chi connectivity index (χ3v) is 2.69. The fourth-order valence-electron chi connectivity index (χ4n) is 1.78. The molecular weight excluding hydrogens is 260 g/mol. The minimum absolute atomic E-state index is 0.157. The lowest BCUT2D eigenvalue weighted by Gasteiger charge is -2.16. The molecule has 2 aromatic rings. The second-order valence-electron chi connectivity index (χ2n) is 4.01. The molecule has 0 unspecified atom stereocenters. The number of nitrogens with zero attached hydrogens (tertiary/aromatic N) is 3. The molecule has 102 valence electrons. The minimum Gasteiger partial charge on any atom is -0.494 e. The van der Waals surface area contributed by atoms with Gasteiger partial charge in [-0.3, -0.25) is 4.79 Å². The van der Waals surface area contributed by atoms with E-state index in [0.29, 0.717) is 18.9 Å². The number of carbonyl (C=O) groups is 1. The van der Waals surface area contributed by atoms with Crippen molar-refractivity contribution in [1.29, 1.82) is 0 Å². The van der Waals surface area contributed by atoms with Crippen molar-refractivity contribution in [3.63, 3.8) is 0 Å². The number of hydrogen-bond acceptors (Lipinski definition) is 5. The number of benzene rings is 1. The summed E-state index contributed by atoms with van der Waals surface area (Å²) in [6, 6.07) is 7.28. The van der Waals surface area contributed by atoms with Crippen LogP contribution in [-0.4, -0.2) is 33.9 Å². The zero-order chi connectivity index (χ0) is 13.8. The molecule has 0 bridgehead atoms. The van der Waals surface area contributed by atoms with Crippen LogP contribution in [0.4, 0.5) is 5.69 Å². The molecule has 1 aliphatic rings. The Kier molecular flexibility index (Phi) is 3.32. The van der Waals surface area contributed by atoms with Crippen molar-refractivity contribution in [2.45, 2.75) is 0 Å². The van der Waals surface area contributed by atoms with Crippen LogP contribution in [-0.2, 0) is 14.3 Å². The van der Waals surface area contributed by atoms with Crippen molar-refractivity contribution in [1.82, 2.24) is 14.8 Å². The molecule has 1 N–H and O–H groups in total. The highest BCUT2D eigenvalue weighted by molar-refractivity contribution is 6.03. The van der Waals surface area contributed by atoms with Gasteiger partial charge in [-0.25, -0.2) is 9.67 Å². The first kappa shape index (κ1) is 12.2. The Morgan fingerprint density at radius 1 is 1.30 bits per heavy atom. The Balaban J connectivity index is 1.84. The first-order valence-electron chi connectivity index (χ1n) is 6.04. The van der Waals surface area contributed by atoms with E-state index in [1.165, 1.54) is 12.6 Å². The van der Waals surface area contributed by atoms with Crippen LogP contribution >= 0.6 is 0 Å². The number of aromatic nitrogens is 3. The van der Waals surface area contributed by atoms with Crippen molar-refractivity contribution in [2.75, 3.05) is 18.5 Å². The summed E-state index contributed by atoms with van der Waals surface area (Å²) in [5.41, 5.74) is 1.33. The van der Waals surface area contributed by atoms with Crippen LogP contribution < -0.4 is 5.32 Å². The molecule has 0 atom stereocenters. The summed E-state index contributed by atoms with van der Waals surface area (Å²) in [5, 5.41) is 6.82. The van der Waals surface area contributed by atoms with Gasteiger partial charge in [-0.05, 0) is 12.1 Å². The van der Waals surface area contributed by atoms with E-state index in [9.17, 15) is 4.79 Å².